The number of likely N-dealkylation sites (N-methyl/N-ethyl adjacent to an activating group) is 1. The molecular formula is C9H21NO3. The Bertz CT molecular complexity index is 107. The van der Waals surface area contributed by atoms with Crippen molar-refractivity contribution >= 4 is 0 Å². The van der Waals surface area contributed by atoms with Gasteiger partial charge in [0.25, 0.3) is 0 Å². The molecule has 0 aliphatic heterocycles. The number of methoxy groups -OCH3 is 2. The molecule has 1 atom stereocenters. The molecule has 4 nitrogen and oxygen atoms in total. The van der Waals surface area contributed by atoms with Crippen molar-refractivity contribution in [1.82, 2.24) is 5.32 Å². The molecule has 0 rings (SSSR count). The first kappa shape index (κ1) is 12.8. The van der Waals surface area contributed by atoms with Gasteiger partial charge >= 0.3 is 0 Å². The van der Waals surface area contributed by atoms with Crippen molar-refractivity contribution in [3.63, 3.8) is 0 Å². The lowest BCUT2D eigenvalue weighted by Gasteiger charge is -2.23. The van der Waals surface area contributed by atoms with Crippen LogP contribution in [-0.4, -0.2) is 46.8 Å². The van der Waals surface area contributed by atoms with Gasteiger partial charge in [0.1, 0.15) is 0 Å². The molecule has 0 fully saturated rings. The quantitative estimate of drug-likeness (QED) is 0.451. The van der Waals surface area contributed by atoms with E-state index in [0.29, 0.717) is 6.61 Å². The molecule has 0 aromatic rings. The average Bonchev–Trinajstić information content (AvgIpc) is 2.17. The van der Waals surface area contributed by atoms with E-state index in [1.54, 1.807) is 14.2 Å². The highest BCUT2D eigenvalue weighted by atomic mass is 16.7. The Labute approximate surface area is 80.5 Å². The van der Waals surface area contributed by atoms with Gasteiger partial charge in [0, 0.05) is 20.8 Å². The van der Waals surface area contributed by atoms with Gasteiger partial charge in [-0.3, -0.25) is 0 Å². The molecule has 13 heavy (non-hydrogen) atoms. The van der Waals surface area contributed by atoms with Gasteiger partial charge < -0.3 is 19.5 Å². The second-order valence-corrected chi connectivity index (χ2v) is 2.81. The van der Waals surface area contributed by atoms with Gasteiger partial charge in [-0.1, -0.05) is 6.92 Å². The van der Waals surface area contributed by atoms with Crippen LogP contribution in [0.25, 0.3) is 0 Å². The van der Waals surface area contributed by atoms with E-state index < -0.39 is 0 Å². The highest BCUT2D eigenvalue weighted by Gasteiger charge is 2.18. The molecule has 1 unspecified atom stereocenters. The van der Waals surface area contributed by atoms with Crippen LogP contribution in [0.4, 0.5) is 0 Å². The van der Waals surface area contributed by atoms with Gasteiger partial charge in [-0.05, 0) is 13.5 Å². The van der Waals surface area contributed by atoms with Crippen molar-refractivity contribution in [3.8, 4) is 0 Å². The van der Waals surface area contributed by atoms with E-state index in [9.17, 15) is 0 Å². The number of ether oxygens (including phenoxy) is 3. The van der Waals surface area contributed by atoms with Crippen LogP contribution in [0.3, 0.4) is 0 Å². The molecule has 0 aliphatic carbocycles. The lowest BCUT2D eigenvalue weighted by Crippen LogP contribution is -2.43. The molecule has 0 spiro atoms. The topological polar surface area (TPSA) is 39.7 Å². The summed E-state index contributed by atoms with van der Waals surface area (Å²) >= 11 is 0. The van der Waals surface area contributed by atoms with Crippen LogP contribution in [0.2, 0.25) is 0 Å². The zero-order valence-corrected chi connectivity index (χ0v) is 9.00. The summed E-state index contributed by atoms with van der Waals surface area (Å²) in [5.74, 6) is 0. The third-order valence-electron chi connectivity index (χ3n) is 1.81. The zero-order chi connectivity index (χ0) is 10.1. The fourth-order valence-electron chi connectivity index (χ4n) is 1.08. The molecular weight excluding hydrogens is 170 g/mol. The lowest BCUT2D eigenvalue weighted by molar-refractivity contribution is -0.133. The van der Waals surface area contributed by atoms with Gasteiger partial charge in [0.2, 0.25) is 0 Å². The molecule has 0 radical (unpaired) electrons. The standard InChI is InChI=1S/C9H21NO3/c1-5-6-13-7-8(10-2)9(11-3)12-4/h8-10H,5-7H2,1-4H3. The molecule has 0 amide bonds. The SMILES string of the molecule is CCCOCC(NC)C(OC)OC. The summed E-state index contributed by atoms with van der Waals surface area (Å²) < 4.78 is 15.6. The molecule has 0 bridgehead atoms. The molecule has 0 aromatic heterocycles. The van der Waals surface area contributed by atoms with Crippen molar-refractivity contribution in [2.24, 2.45) is 0 Å². The summed E-state index contributed by atoms with van der Waals surface area (Å²) in [6.45, 7) is 3.47. The number of hydrogen-bond donors (Lipinski definition) is 1. The summed E-state index contributed by atoms with van der Waals surface area (Å²) in [5, 5.41) is 3.09. The van der Waals surface area contributed by atoms with E-state index in [1.807, 2.05) is 7.05 Å². The van der Waals surface area contributed by atoms with E-state index in [2.05, 4.69) is 12.2 Å². The minimum Gasteiger partial charge on any atom is -0.380 e. The normalized spacial score (nSPS) is 13.6. The predicted molar refractivity (Wildman–Crippen MR) is 51.8 cm³/mol. The second-order valence-electron chi connectivity index (χ2n) is 2.81. The van der Waals surface area contributed by atoms with Crippen LogP contribution < -0.4 is 5.32 Å². The monoisotopic (exact) mass is 191 g/mol. The Morgan fingerprint density at radius 2 is 1.85 bits per heavy atom. The van der Waals surface area contributed by atoms with Crippen LogP contribution in [0.5, 0.6) is 0 Å². The Morgan fingerprint density at radius 1 is 1.23 bits per heavy atom. The number of nitrogens with one attached hydrogen (secondary N) is 1. The van der Waals surface area contributed by atoms with Gasteiger partial charge in [-0.2, -0.15) is 0 Å². The molecule has 80 valence electrons. The van der Waals surface area contributed by atoms with Crippen molar-refractivity contribution in [2.45, 2.75) is 25.7 Å². The minimum absolute atomic E-state index is 0.0848. The maximum atomic E-state index is 5.40. The molecule has 0 aliphatic rings. The molecule has 0 saturated heterocycles. The number of rotatable bonds is 8. The molecule has 0 saturated carbocycles. The Morgan fingerprint density at radius 3 is 2.23 bits per heavy atom. The van der Waals surface area contributed by atoms with Gasteiger partial charge in [0.15, 0.2) is 6.29 Å². The number of hydrogen-bond acceptors (Lipinski definition) is 4. The lowest BCUT2D eigenvalue weighted by atomic mass is 10.3. The van der Waals surface area contributed by atoms with Crippen molar-refractivity contribution in [2.75, 3.05) is 34.5 Å². The third kappa shape index (κ3) is 5.21. The van der Waals surface area contributed by atoms with Gasteiger partial charge in [-0.15, -0.1) is 0 Å². The fraction of sp³-hybridized carbons (Fsp3) is 1.00. The Hall–Kier alpha value is -0.160. The third-order valence-corrected chi connectivity index (χ3v) is 1.81. The van der Waals surface area contributed by atoms with Crippen molar-refractivity contribution in [3.05, 3.63) is 0 Å². The molecule has 1 N–H and O–H groups in total. The summed E-state index contributed by atoms with van der Waals surface area (Å²) in [6, 6.07) is 0.0848. The van der Waals surface area contributed by atoms with Gasteiger partial charge in [0.05, 0.1) is 12.6 Å². The largest absolute Gasteiger partial charge is 0.380 e. The highest BCUT2D eigenvalue weighted by molar-refractivity contribution is 4.67. The maximum Gasteiger partial charge on any atom is 0.174 e. The Balaban J connectivity index is 3.71. The fourth-order valence-corrected chi connectivity index (χ4v) is 1.08. The zero-order valence-electron chi connectivity index (χ0n) is 9.00. The van der Waals surface area contributed by atoms with Crippen molar-refractivity contribution < 1.29 is 14.2 Å². The van der Waals surface area contributed by atoms with Crippen LogP contribution in [-0.2, 0) is 14.2 Å². The minimum atomic E-state index is -0.248. The predicted octanol–water partition coefficient (Wildman–Crippen LogP) is 0.620. The highest BCUT2D eigenvalue weighted by Crippen LogP contribution is 2.00. The summed E-state index contributed by atoms with van der Waals surface area (Å²) in [4.78, 5) is 0. The average molecular weight is 191 g/mol. The first-order valence-electron chi connectivity index (χ1n) is 4.60. The van der Waals surface area contributed by atoms with E-state index in [4.69, 9.17) is 14.2 Å². The summed E-state index contributed by atoms with van der Waals surface area (Å²) in [7, 11) is 5.11. The van der Waals surface area contributed by atoms with Crippen LogP contribution in [0, 0.1) is 0 Å². The molecule has 4 heteroatoms. The van der Waals surface area contributed by atoms with E-state index >= 15 is 0 Å². The summed E-state index contributed by atoms with van der Waals surface area (Å²) in [6.07, 6.45) is 0.781. The van der Waals surface area contributed by atoms with Crippen molar-refractivity contribution in [1.29, 1.82) is 0 Å². The van der Waals surface area contributed by atoms with Crippen LogP contribution in [0.15, 0.2) is 0 Å². The molecule has 0 heterocycles. The maximum absolute atomic E-state index is 5.40. The molecule has 0 aromatic carbocycles. The van der Waals surface area contributed by atoms with Crippen LogP contribution >= 0.6 is 0 Å². The Kier molecular flexibility index (Phi) is 8.33. The van der Waals surface area contributed by atoms with E-state index in [-0.39, 0.29) is 12.3 Å². The second kappa shape index (κ2) is 8.44. The smallest absolute Gasteiger partial charge is 0.174 e. The van der Waals surface area contributed by atoms with E-state index in [0.717, 1.165) is 13.0 Å². The van der Waals surface area contributed by atoms with Gasteiger partial charge in [-0.25, -0.2) is 0 Å². The first-order chi connectivity index (χ1) is 6.29. The summed E-state index contributed by atoms with van der Waals surface area (Å²) in [5.41, 5.74) is 0. The van der Waals surface area contributed by atoms with E-state index in [1.165, 1.54) is 0 Å². The van der Waals surface area contributed by atoms with Crippen LogP contribution in [0.1, 0.15) is 13.3 Å². The first-order valence-corrected chi connectivity index (χ1v) is 4.60.